The fourth-order valence-corrected chi connectivity index (χ4v) is 2.40. The molecule has 1 atom stereocenters. The summed E-state index contributed by atoms with van der Waals surface area (Å²) in [6.07, 6.45) is -0.799. The fraction of sp³-hybridized carbons (Fsp3) is 0.143. The maximum atomic E-state index is 13.8. The third-order valence-corrected chi connectivity index (χ3v) is 3.86. The number of aliphatic hydroxyl groups is 1. The van der Waals surface area contributed by atoms with Gasteiger partial charge in [-0.2, -0.15) is 0 Å². The van der Waals surface area contributed by atoms with Gasteiger partial charge in [-0.3, -0.25) is 0 Å². The lowest BCUT2D eigenvalue weighted by Gasteiger charge is -2.12. The topological polar surface area (TPSA) is 80.4 Å². The maximum Gasteiger partial charge on any atom is 0.238 e. The summed E-state index contributed by atoms with van der Waals surface area (Å²) in [5, 5.41) is 14.9. The van der Waals surface area contributed by atoms with Crippen molar-refractivity contribution < 1.29 is 17.9 Å². The highest BCUT2D eigenvalue weighted by molar-refractivity contribution is 7.89. The minimum Gasteiger partial charge on any atom is -0.388 e. The minimum atomic E-state index is -3.93. The highest BCUT2D eigenvalue weighted by atomic mass is 32.2. The minimum absolute atomic E-state index is 0.0563. The summed E-state index contributed by atoms with van der Waals surface area (Å²) in [6, 6.07) is 12.3. The Hall–Kier alpha value is -1.76. The van der Waals surface area contributed by atoms with Gasteiger partial charge in [0.25, 0.3) is 0 Å². The molecule has 20 heavy (non-hydrogen) atoms. The summed E-state index contributed by atoms with van der Waals surface area (Å²) in [5.41, 5.74) is 0.899. The van der Waals surface area contributed by atoms with Gasteiger partial charge in [-0.05, 0) is 23.3 Å². The summed E-state index contributed by atoms with van der Waals surface area (Å²) in [7, 11) is -3.93. The van der Waals surface area contributed by atoms with Crippen molar-refractivity contribution in [2.45, 2.75) is 17.4 Å². The number of sulfonamides is 1. The molecule has 3 N–H and O–H groups in total. The highest BCUT2D eigenvalue weighted by Crippen LogP contribution is 2.21. The van der Waals surface area contributed by atoms with Crippen LogP contribution in [0.1, 0.15) is 17.2 Å². The summed E-state index contributed by atoms with van der Waals surface area (Å²) in [6.45, 7) is 0. The lowest BCUT2D eigenvalue weighted by molar-refractivity contribution is 0.177. The van der Waals surface area contributed by atoms with Crippen molar-refractivity contribution in [2.75, 3.05) is 0 Å². The predicted molar refractivity (Wildman–Crippen MR) is 72.9 cm³/mol. The number of nitrogens with two attached hydrogens (primary N) is 1. The van der Waals surface area contributed by atoms with E-state index in [0.717, 1.165) is 6.07 Å². The molecular weight excluding hydrogens is 281 g/mol. The quantitative estimate of drug-likeness (QED) is 0.901. The molecule has 0 fully saturated rings. The summed E-state index contributed by atoms with van der Waals surface area (Å²) in [5.74, 6) is -0.702. The van der Waals surface area contributed by atoms with Crippen molar-refractivity contribution in [3.63, 3.8) is 0 Å². The lowest BCUT2D eigenvalue weighted by atomic mass is 10.0. The Kier molecular flexibility index (Phi) is 4.17. The van der Waals surface area contributed by atoms with Gasteiger partial charge in [0, 0.05) is 6.42 Å². The van der Waals surface area contributed by atoms with Crippen molar-refractivity contribution in [1.82, 2.24) is 0 Å². The normalized spacial score (nSPS) is 13.2. The SMILES string of the molecule is NS(=O)(=O)c1ccc(CC(O)c2ccccc2)c(F)c1. The summed E-state index contributed by atoms with van der Waals surface area (Å²) >= 11 is 0. The Bertz CT molecular complexity index is 702. The van der Waals surface area contributed by atoms with Gasteiger partial charge in [0.1, 0.15) is 5.82 Å². The Morgan fingerprint density at radius 2 is 1.80 bits per heavy atom. The van der Waals surface area contributed by atoms with Crippen molar-refractivity contribution >= 4 is 10.0 Å². The smallest absolute Gasteiger partial charge is 0.238 e. The van der Waals surface area contributed by atoms with Gasteiger partial charge in [0.2, 0.25) is 10.0 Å². The van der Waals surface area contributed by atoms with Crippen LogP contribution in [0.3, 0.4) is 0 Å². The first-order chi connectivity index (χ1) is 9.38. The zero-order valence-corrected chi connectivity index (χ0v) is 11.3. The van der Waals surface area contributed by atoms with Gasteiger partial charge in [0.15, 0.2) is 0 Å². The van der Waals surface area contributed by atoms with Gasteiger partial charge in [-0.25, -0.2) is 17.9 Å². The first-order valence-electron chi connectivity index (χ1n) is 5.92. The van der Waals surface area contributed by atoms with E-state index in [9.17, 15) is 17.9 Å². The number of hydrogen-bond donors (Lipinski definition) is 2. The molecule has 2 aromatic rings. The van der Waals surface area contributed by atoms with E-state index >= 15 is 0 Å². The van der Waals surface area contributed by atoms with Crippen LogP contribution in [0.15, 0.2) is 53.4 Å². The monoisotopic (exact) mass is 295 g/mol. The van der Waals surface area contributed by atoms with Crippen LogP contribution in [0.2, 0.25) is 0 Å². The van der Waals surface area contributed by atoms with Crippen LogP contribution in [-0.4, -0.2) is 13.5 Å². The van der Waals surface area contributed by atoms with E-state index in [0.29, 0.717) is 5.56 Å². The Labute approximate surface area is 116 Å². The molecule has 1 unspecified atom stereocenters. The number of halogens is 1. The summed E-state index contributed by atoms with van der Waals surface area (Å²) < 4.78 is 36.0. The molecule has 6 heteroatoms. The van der Waals surface area contributed by atoms with Crippen LogP contribution in [0.4, 0.5) is 4.39 Å². The van der Waals surface area contributed by atoms with E-state index in [2.05, 4.69) is 0 Å². The van der Waals surface area contributed by atoms with E-state index in [1.807, 2.05) is 6.07 Å². The van der Waals surface area contributed by atoms with Crippen molar-refractivity contribution in [1.29, 1.82) is 0 Å². The molecule has 0 heterocycles. The van der Waals surface area contributed by atoms with Crippen molar-refractivity contribution in [3.8, 4) is 0 Å². The highest BCUT2D eigenvalue weighted by Gasteiger charge is 2.15. The first kappa shape index (κ1) is 14.6. The molecule has 106 valence electrons. The second-order valence-corrected chi connectivity index (χ2v) is 5.99. The van der Waals surface area contributed by atoms with Crippen LogP contribution in [0.25, 0.3) is 0 Å². The van der Waals surface area contributed by atoms with E-state index in [1.165, 1.54) is 12.1 Å². The molecule has 0 saturated carbocycles. The molecule has 0 radical (unpaired) electrons. The Morgan fingerprint density at radius 3 is 2.35 bits per heavy atom. The largest absolute Gasteiger partial charge is 0.388 e. The molecule has 0 aliphatic rings. The lowest BCUT2D eigenvalue weighted by Crippen LogP contribution is -2.13. The van der Waals surface area contributed by atoms with E-state index in [1.54, 1.807) is 24.3 Å². The molecule has 2 aromatic carbocycles. The van der Waals surface area contributed by atoms with E-state index in [4.69, 9.17) is 5.14 Å². The molecule has 0 aromatic heterocycles. The molecule has 0 spiro atoms. The standard InChI is InChI=1S/C14H14FNO3S/c15-13-9-12(20(16,18)19)7-6-11(13)8-14(17)10-4-2-1-3-5-10/h1-7,9,14,17H,8H2,(H2,16,18,19). The molecule has 0 aliphatic carbocycles. The van der Waals surface area contributed by atoms with Crippen LogP contribution < -0.4 is 5.14 Å². The molecule has 0 aliphatic heterocycles. The third-order valence-electron chi connectivity index (χ3n) is 2.95. The van der Waals surface area contributed by atoms with Crippen LogP contribution >= 0.6 is 0 Å². The van der Waals surface area contributed by atoms with Crippen LogP contribution in [-0.2, 0) is 16.4 Å². The first-order valence-corrected chi connectivity index (χ1v) is 7.47. The predicted octanol–water partition coefficient (Wildman–Crippen LogP) is 1.75. The van der Waals surface area contributed by atoms with Gasteiger partial charge >= 0.3 is 0 Å². The molecule has 0 saturated heterocycles. The van der Waals surface area contributed by atoms with Gasteiger partial charge < -0.3 is 5.11 Å². The van der Waals surface area contributed by atoms with Crippen LogP contribution in [0.5, 0.6) is 0 Å². The van der Waals surface area contributed by atoms with Crippen LogP contribution in [0, 0.1) is 5.82 Å². The molecule has 4 nitrogen and oxygen atoms in total. The Balaban J connectivity index is 2.23. The van der Waals surface area contributed by atoms with Gasteiger partial charge in [-0.15, -0.1) is 0 Å². The summed E-state index contributed by atoms with van der Waals surface area (Å²) in [4.78, 5) is -0.284. The third kappa shape index (κ3) is 3.41. The fourth-order valence-electron chi connectivity index (χ4n) is 1.87. The maximum absolute atomic E-state index is 13.8. The van der Waals surface area contributed by atoms with E-state index < -0.39 is 21.9 Å². The zero-order valence-electron chi connectivity index (χ0n) is 10.5. The van der Waals surface area contributed by atoms with Gasteiger partial charge in [-0.1, -0.05) is 36.4 Å². The number of aliphatic hydroxyl groups excluding tert-OH is 1. The molecule has 0 bridgehead atoms. The second kappa shape index (κ2) is 5.70. The van der Waals surface area contributed by atoms with E-state index in [-0.39, 0.29) is 16.9 Å². The molecule has 2 rings (SSSR count). The van der Waals surface area contributed by atoms with Crippen molar-refractivity contribution in [2.24, 2.45) is 5.14 Å². The van der Waals surface area contributed by atoms with Crippen molar-refractivity contribution in [3.05, 3.63) is 65.5 Å². The average Bonchev–Trinajstić information content (AvgIpc) is 2.41. The molecular formula is C14H14FNO3S. The second-order valence-electron chi connectivity index (χ2n) is 4.43. The average molecular weight is 295 g/mol. The van der Waals surface area contributed by atoms with Gasteiger partial charge in [0.05, 0.1) is 11.0 Å². The number of rotatable bonds is 4. The number of benzene rings is 2. The number of primary sulfonamides is 1. The Morgan fingerprint density at radius 1 is 1.15 bits per heavy atom. The number of hydrogen-bond acceptors (Lipinski definition) is 3. The molecule has 0 amide bonds. The zero-order chi connectivity index (χ0) is 14.8.